The highest BCUT2D eigenvalue weighted by Gasteiger charge is 2.20. The highest BCUT2D eigenvalue weighted by molar-refractivity contribution is 8.00. The third-order valence-corrected chi connectivity index (χ3v) is 4.97. The van der Waals surface area contributed by atoms with E-state index in [-0.39, 0.29) is 0 Å². The molecule has 1 nitrogen and oxygen atoms in total. The lowest BCUT2D eigenvalue weighted by Gasteiger charge is -2.27. The molecule has 1 unspecified atom stereocenters. The second-order valence-electron chi connectivity index (χ2n) is 3.28. The SMILES string of the molecule is C1CSC(CNC2CSC2)C1. The van der Waals surface area contributed by atoms with Gasteiger partial charge in [-0.05, 0) is 18.6 Å². The normalized spacial score (nSPS) is 32.2. The van der Waals surface area contributed by atoms with E-state index in [1.165, 1.54) is 36.6 Å². The Hall–Kier alpha value is 0.660. The zero-order chi connectivity index (χ0) is 7.52. The first-order valence-electron chi connectivity index (χ1n) is 4.38. The van der Waals surface area contributed by atoms with E-state index in [2.05, 4.69) is 28.8 Å². The van der Waals surface area contributed by atoms with E-state index in [1.54, 1.807) is 0 Å². The average Bonchev–Trinajstić information content (AvgIpc) is 2.36. The van der Waals surface area contributed by atoms with E-state index < -0.39 is 0 Å². The van der Waals surface area contributed by atoms with Crippen molar-refractivity contribution in [2.45, 2.75) is 24.1 Å². The molecule has 3 heteroatoms. The first-order valence-corrected chi connectivity index (χ1v) is 6.58. The fourth-order valence-electron chi connectivity index (χ4n) is 1.46. The first kappa shape index (κ1) is 8.27. The molecule has 0 spiro atoms. The van der Waals surface area contributed by atoms with Crippen molar-refractivity contribution in [2.24, 2.45) is 0 Å². The van der Waals surface area contributed by atoms with Crippen LogP contribution in [0.25, 0.3) is 0 Å². The Morgan fingerprint density at radius 1 is 1.36 bits per heavy atom. The molecule has 2 heterocycles. The molecule has 11 heavy (non-hydrogen) atoms. The highest BCUT2D eigenvalue weighted by Crippen LogP contribution is 2.26. The Balaban J connectivity index is 1.57. The fraction of sp³-hybridized carbons (Fsp3) is 1.00. The molecule has 0 aliphatic carbocycles. The van der Waals surface area contributed by atoms with Crippen LogP contribution in [0.4, 0.5) is 0 Å². The summed E-state index contributed by atoms with van der Waals surface area (Å²) in [6, 6.07) is 0.848. The van der Waals surface area contributed by atoms with Gasteiger partial charge in [-0.25, -0.2) is 0 Å². The van der Waals surface area contributed by atoms with Gasteiger partial charge in [-0.1, -0.05) is 0 Å². The molecular formula is C8H15NS2. The van der Waals surface area contributed by atoms with Crippen molar-refractivity contribution in [2.75, 3.05) is 23.8 Å². The van der Waals surface area contributed by atoms with Crippen LogP contribution in [-0.4, -0.2) is 35.1 Å². The number of nitrogens with one attached hydrogen (secondary N) is 1. The lowest BCUT2D eigenvalue weighted by atomic mass is 10.2. The lowest BCUT2D eigenvalue weighted by Crippen LogP contribution is -2.42. The van der Waals surface area contributed by atoms with Crippen molar-refractivity contribution in [1.82, 2.24) is 5.32 Å². The van der Waals surface area contributed by atoms with Crippen LogP contribution in [0.3, 0.4) is 0 Å². The number of hydrogen-bond donors (Lipinski definition) is 1. The van der Waals surface area contributed by atoms with Gasteiger partial charge < -0.3 is 5.32 Å². The van der Waals surface area contributed by atoms with Crippen molar-refractivity contribution < 1.29 is 0 Å². The molecule has 2 fully saturated rings. The number of rotatable bonds is 3. The lowest BCUT2D eigenvalue weighted by molar-refractivity contribution is 0.567. The summed E-state index contributed by atoms with van der Waals surface area (Å²) in [4.78, 5) is 0. The summed E-state index contributed by atoms with van der Waals surface area (Å²) in [6.07, 6.45) is 2.88. The summed E-state index contributed by atoms with van der Waals surface area (Å²) >= 11 is 4.21. The molecular weight excluding hydrogens is 174 g/mol. The molecule has 1 N–H and O–H groups in total. The van der Waals surface area contributed by atoms with E-state index in [1.807, 2.05) is 0 Å². The smallest absolute Gasteiger partial charge is 0.0249 e. The summed E-state index contributed by atoms with van der Waals surface area (Å²) in [6.45, 7) is 1.26. The summed E-state index contributed by atoms with van der Waals surface area (Å²) < 4.78 is 0. The van der Waals surface area contributed by atoms with Crippen molar-refractivity contribution in [3.63, 3.8) is 0 Å². The molecule has 2 aliphatic heterocycles. The molecule has 0 radical (unpaired) electrons. The number of hydrogen-bond acceptors (Lipinski definition) is 3. The monoisotopic (exact) mass is 189 g/mol. The van der Waals surface area contributed by atoms with Gasteiger partial charge in [0.25, 0.3) is 0 Å². The van der Waals surface area contributed by atoms with Gasteiger partial charge in [-0.3, -0.25) is 0 Å². The van der Waals surface area contributed by atoms with Crippen LogP contribution in [0.1, 0.15) is 12.8 Å². The molecule has 2 rings (SSSR count). The van der Waals surface area contributed by atoms with Gasteiger partial charge >= 0.3 is 0 Å². The van der Waals surface area contributed by atoms with Gasteiger partial charge in [-0.15, -0.1) is 0 Å². The van der Waals surface area contributed by atoms with Crippen molar-refractivity contribution in [3.05, 3.63) is 0 Å². The highest BCUT2D eigenvalue weighted by atomic mass is 32.2. The van der Waals surface area contributed by atoms with E-state index in [9.17, 15) is 0 Å². The van der Waals surface area contributed by atoms with Crippen LogP contribution in [0.15, 0.2) is 0 Å². The second-order valence-corrected chi connectivity index (χ2v) is 5.76. The maximum atomic E-state index is 3.62. The fourth-order valence-corrected chi connectivity index (χ4v) is 3.38. The Morgan fingerprint density at radius 2 is 2.27 bits per heavy atom. The average molecular weight is 189 g/mol. The van der Waals surface area contributed by atoms with Crippen LogP contribution >= 0.6 is 23.5 Å². The van der Waals surface area contributed by atoms with Crippen LogP contribution in [0, 0.1) is 0 Å². The Morgan fingerprint density at radius 3 is 2.82 bits per heavy atom. The maximum absolute atomic E-state index is 3.62. The minimum absolute atomic E-state index is 0.848. The first-order chi connectivity index (χ1) is 5.45. The predicted octanol–water partition coefficient (Wildman–Crippen LogP) is 1.59. The van der Waals surface area contributed by atoms with Crippen LogP contribution in [0.2, 0.25) is 0 Å². The molecule has 0 aromatic heterocycles. The van der Waals surface area contributed by atoms with Crippen molar-refractivity contribution in [1.29, 1.82) is 0 Å². The van der Waals surface area contributed by atoms with Crippen LogP contribution < -0.4 is 5.32 Å². The molecule has 2 saturated heterocycles. The summed E-state index contributed by atoms with van der Waals surface area (Å²) in [7, 11) is 0. The molecule has 0 aromatic rings. The van der Waals surface area contributed by atoms with Gasteiger partial charge in [-0.2, -0.15) is 23.5 Å². The summed E-state index contributed by atoms with van der Waals surface area (Å²) in [5.74, 6) is 4.08. The summed E-state index contributed by atoms with van der Waals surface area (Å²) in [5, 5.41) is 4.55. The molecule has 0 aromatic carbocycles. The van der Waals surface area contributed by atoms with E-state index >= 15 is 0 Å². The van der Waals surface area contributed by atoms with Crippen molar-refractivity contribution in [3.8, 4) is 0 Å². The number of thioether (sulfide) groups is 2. The minimum atomic E-state index is 0.848. The zero-order valence-corrected chi connectivity index (χ0v) is 8.35. The summed E-state index contributed by atoms with van der Waals surface area (Å²) in [5.41, 5.74) is 0. The largest absolute Gasteiger partial charge is 0.311 e. The van der Waals surface area contributed by atoms with Gasteiger partial charge in [0.05, 0.1) is 0 Å². The van der Waals surface area contributed by atoms with Gasteiger partial charge in [0.2, 0.25) is 0 Å². The maximum Gasteiger partial charge on any atom is 0.0249 e. The van der Waals surface area contributed by atoms with Gasteiger partial charge in [0.1, 0.15) is 0 Å². The van der Waals surface area contributed by atoms with E-state index in [0.29, 0.717) is 0 Å². The van der Waals surface area contributed by atoms with Crippen molar-refractivity contribution >= 4 is 23.5 Å². The predicted molar refractivity (Wildman–Crippen MR) is 54.6 cm³/mol. The standard InChI is InChI=1S/C8H15NS2/c1-2-8(11-3-1)4-9-7-5-10-6-7/h7-9H,1-6H2. The topological polar surface area (TPSA) is 12.0 Å². The van der Waals surface area contributed by atoms with Gasteiger partial charge in [0, 0.05) is 29.3 Å². The van der Waals surface area contributed by atoms with Crippen LogP contribution in [0.5, 0.6) is 0 Å². The van der Waals surface area contributed by atoms with Crippen LogP contribution in [-0.2, 0) is 0 Å². The zero-order valence-electron chi connectivity index (χ0n) is 6.71. The third-order valence-electron chi connectivity index (χ3n) is 2.30. The van der Waals surface area contributed by atoms with Gasteiger partial charge in [0.15, 0.2) is 0 Å². The Bertz CT molecular complexity index is 119. The van der Waals surface area contributed by atoms with E-state index in [0.717, 1.165) is 11.3 Å². The second kappa shape index (κ2) is 4.06. The molecule has 1 atom stereocenters. The third kappa shape index (κ3) is 2.30. The minimum Gasteiger partial charge on any atom is -0.311 e. The Labute approximate surface area is 77.1 Å². The Kier molecular flexibility index (Phi) is 3.05. The molecule has 0 bridgehead atoms. The van der Waals surface area contributed by atoms with E-state index in [4.69, 9.17) is 0 Å². The molecule has 0 amide bonds. The molecule has 64 valence electrons. The molecule has 0 saturated carbocycles. The quantitative estimate of drug-likeness (QED) is 0.724. The molecule has 2 aliphatic rings.